The summed E-state index contributed by atoms with van der Waals surface area (Å²) in [4.78, 5) is 24.2. The smallest absolute Gasteiger partial charge is 0.269 e. The lowest BCUT2D eigenvalue weighted by molar-refractivity contribution is -0.129. The number of hydrogen-bond donors (Lipinski definition) is 1. The highest BCUT2D eigenvalue weighted by molar-refractivity contribution is 6.30. The fourth-order valence-corrected chi connectivity index (χ4v) is 2.68. The highest BCUT2D eigenvalue weighted by Gasteiger charge is 2.31. The zero-order valence-electron chi connectivity index (χ0n) is 11.8. The third kappa shape index (κ3) is 3.12. The molecule has 0 bridgehead atoms. The molecule has 2 aromatic rings. The van der Waals surface area contributed by atoms with Crippen molar-refractivity contribution in [2.75, 3.05) is 6.54 Å². The van der Waals surface area contributed by atoms with Gasteiger partial charge in [0.25, 0.3) is 5.91 Å². The van der Waals surface area contributed by atoms with Gasteiger partial charge >= 0.3 is 0 Å². The van der Waals surface area contributed by atoms with Crippen molar-refractivity contribution < 1.29 is 9.59 Å². The first-order valence-corrected chi connectivity index (χ1v) is 7.43. The number of halogens is 1. The molecule has 1 atom stereocenters. The molecule has 0 spiro atoms. The summed E-state index contributed by atoms with van der Waals surface area (Å²) in [6.45, 7) is 0.488. The molecule has 0 saturated carbocycles. The van der Waals surface area contributed by atoms with Gasteiger partial charge in [-0.25, -0.2) is 0 Å². The second-order valence-corrected chi connectivity index (χ2v) is 5.70. The van der Waals surface area contributed by atoms with Gasteiger partial charge in [-0.15, -0.1) is 0 Å². The van der Waals surface area contributed by atoms with Crippen molar-refractivity contribution in [2.24, 2.45) is 0 Å². The third-order valence-electron chi connectivity index (χ3n) is 3.74. The molecule has 112 valence electrons. The molecule has 4 nitrogen and oxygen atoms in total. The van der Waals surface area contributed by atoms with Crippen LogP contribution in [0.1, 0.15) is 28.3 Å². The van der Waals surface area contributed by atoms with Crippen molar-refractivity contribution in [1.29, 1.82) is 0 Å². The number of carbonyl (C=O) groups is 2. The number of hydrogen-bond acceptors (Lipinski definition) is 2. The summed E-state index contributed by atoms with van der Waals surface area (Å²) in [6.07, 6.45) is 0.408. The topological polar surface area (TPSA) is 49.4 Å². The van der Waals surface area contributed by atoms with Crippen LogP contribution < -0.4 is 5.43 Å². The van der Waals surface area contributed by atoms with Crippen molar-refractivity contribution in [3.63, 3.8) is 0 Å². The molecular formula is C17H15ClN2O2. The summed E-state index contributed by atoms with van der Waals surface area (Å²) in [5.41, 5.74) is 4.25. The van der Waals surface area contributed by atoms with Gasteiger partial charge in [0.15, 0.2) is 0 Å². The number of carbonyl (C=O) groups excluding carboxylic acids is 2. The van der Waals surface area contributed by atoms with Crippen molar-refractivity contribution in [2.45, 2.75) is 12.3 Å². The van der Waals surface area contributed by atoms with E-state index in [0.717, 1.165) is 5.56 Å². The van der Waals surface area contributed by atoms with Gasteiger partial charge in [-0.05, 0) is 29.8 Å². The molecule has 3 rings (SSSR count). The van der Waals surface area contributed by atoms with Gasteiger partial charge in [0.2, 0.25) is 5.91 Å². The van der Waals surface area contributed by atoms with Gasteiger partial charge in [0.05, 0.1) is 0 Å². The molecule has 1 aliphatic heterocycles. The van der Waals surface area contributed by atoms with Gasteiger partial charge in [0, 0.05) is 29.5 Å². The van der Waals surface area contributed by atoms with Crippen molar-refractivity contribution in [1.82, 2.24) is 10.4 Å². The lowest BCUT2D eigenvalue weighted by Crippen LogP contribution is -2.43. The van der Waals surface area contributed by atoms with Gasteiger partial charge < -0.3 is 0 Å². The normalized spacial score (nSPS) is 17.6. The van der Waals surface area contributed by atoms with Crippen LogP contribution in [0.2, 0.25) is 5.02 Å². The van der Waals surface area contributed by atoms with Crippen LogP contribution in [0.4, 0.5) is 0 Å². The molecule has 1 N–H and O–H groups in total. The highest BCUT2D eigenvalue weighted by atomic mass is 35.5. The van der Waals surface area contributed by atoms with Crippen molar-refractivity contribution in [3.8, 4) is 0 Å². The molecule has 5 heteroatoms. The molecule has 22 heavy (non-hydrogen) atoms. The molecule has 1 heterocycles. The Morgan fingerprint density at radius 1 is 1.09 bits per heavy atom. The van der Waals surface area contributed by atoms with E-state index >= 15 is 0 Å². The number of hydrazine groups is 1. The van der Waals surface area contributed by atoms with E-state index in [2.05, 4.69) is 5.43 Å². The Balaban J connectivity index is 1.67. The monoisotopic (exact) mass is 314 g/mol. The molecule has 0 radical (unpaired) electrons. The van der Waals surface area contributed by atoms with E-state index in [1.54, 1.807) is 24.3 Å². The molecule has 0 aromatic heterocycles. The summed E-state index contributed by atoms with van der Waals surface area (Å²) in [5, 5.41) is 1.96. The van der Waals surface area contributed by atoms with Crippen molar-refractivity contribution >= 4 is 23.4 Å². The van der Waals surface area contributed by atoms with Crippen LogP contribution in [0.15, 0.2) is 54.6 Å². The fourth-order valence-electron chi connectivity index (χ4n) is 2.55. The minimum atomic E-state index is -0.307. The second-order valence-electron chi connectivity index (χ2n) is 5.26. The van der Waals surface area contributed by atoms with Crippen LogP contribution in [0.5, 0.6) is 0 Å². The minimum Gasteiger partial charge on any atom is -0.273 e. The van der Waals surface area contributed by atoms with Gasteiger partial charge in [-0.3, -0.25) is 20.0 Å². The predicted molar refractivity (Wildman–Crippen MR) is 84.4 cm³/mol. The zero-order chi connectivity index (χ0) is 15.5. The predicted octanol–water partition coefficient (Wildman–Crippen LogP) is 3.00. The van der Waals surface area contributed by atoms with E-state index in [4.69, 9.17) is 11.6 Å². The molecular weight excluding hydrogens is 300 g/mol. The van der Waals surface area contributed by atoms with E-state index in [1.807, 2.05) is 30.3 Å². The maximum atomic E-state index is 12.2. The van der Waals surface area contributed by atoms with Crippen LogP contribution >= 0.6 is 11.6 Å². The summed E-state index contributed by atoms with van der Waals surface area (Å²) >= 11 is 5.80. The van der Waals surface area contributed by atoms with E-state index in [1.165, 1.54) is 5.01 Å². The molecule has 1 fully saturated rings. The number of rotatable bonds is 3. The van der Waals surface area contributed by atoms with Gasteiger partial charge in [-0.1, -0.05) is 41.9 Å². The summed E-state index contributed by atoms with van der Waals surface area (Å²) in [7, 11) is 0. The average Bonchev–Trinajstić information content (AvgIpc) is 2.90. The highest BCUT2D eigenvalue weighted by Crippen LogP contribution is 2.26. The van der Waals surface area contributed by atoms with Crippen LogP contribution in [-0.4, -0.2) is 23.4 Å². The van der Waals surface area contributed by atoms with Crippen LogP contribution in [0.3, 0.4) is 0 Å². The van der Waals surface area contributed by atoms with Crippen LogP contribution in [0, 0.1) is 0 Å². The molecule has 0 aliphatic carbocycles. The van der Waals surface area contributed by atoms with E-state index in [0.29, 0.717) is 23.6 Å². The number of amides is 2. The van der Waals surface area contributed by atoms with Crippen molar-refractivity contribution in [3.05, 3.63) is 70.7 Å². The summed E-state index contributed by atoms with van der Waals surface area (Å²) < 4.78 is 0. The number of nitrogens with one attached hydrogen (secondary N) is 1. The Labute approximate surface area is 133 Å². The largest absolute Gasteiger partial charge is 0.273 e. The lowest BCUT2D eigenvalue weighted by Gasteiger charge is -2.18. The molecule has 2 amide bonds. The first-order valence-electron chi connectivity index (χ1n) is 7.05. The van der Waals surface area contributed by atoms with Gasteiger partial charge in [-0.2, -0.15) is 0 Å². The van der Waals surface area contributed by atoms with Crippen LogP contribution in [-0.2, 0) is 4.79 Å². The Kier molecular flexibility index (Phi) is 4.11. The minimum absolute atomic E-state index is 0.0730. The molecule has 1 unspecified atom stereocenters. The fraction of sp³-hybridized carbons (Fsp3) is 0.176. The Morgan fingerprint density at radius 2 is 1.77 bits per heavy atom. The standard InChI is InChI=1S/C17H15ClN2O2/c18-15-8-6-13(7-9-15)17(22)19-20-11-14(10-16(20)21)12-4-2-1-3-5-12/h1-9,14H,10-11H2,(H,19,22). The summed E-state index contributed by atoms with van der Waals surface area (Å²) in [5.74, 6) is -0.269. The number of nitrogens with zero attached hydrogens (tertiary/aromatic N) is 1. The Hall–Kier alpha value is -2.33. The van der Waals surface area contributed by atoms with E-state index in [9.17, 15) is 9.59 Å². The average molecular weight is 315 g/mol. The maximum Gasteiger partial charge on any atom is 0.269 e. The second kappa shape index (κ2) is 6.20. The lowest BCUT2D eigenvalue weighted by atomic mass is 9.99. The molecule has 1 aliphatic rings. The van der Waals surface area contributed by atoms with E-state index in [-0.39, 0.29) is 17.7 Å². The van der Waals surface area contributed by atoms with Crippen LogP contribution in [0.25, 0.3) is 0 Å². The Bertz CT molecular complexity index is 686. The Morgan fingerprint density at radius 3 is 2.45 bits per heavy atom. The SMILES string of the molecule is O=C(NN1CC(c2ccccc2)CC1=O)c1ccc(Cl)cc1. The van der Waals surface area contributed by atoms with Gasteiger partial charge in [0.1, 0.15) is 0 Å². The summed E-state index contributed by atoms with van der Waals surface area (Å²) in [6, 6.07) is 16.4. The molecule has 1 saturated heterocycles. The molecule has 2 aromatic carbocycles. The number of benzene rings is 2. The first-order chi connectivity index (χ1) is 10.6. The quantitative estimate of drug-likeness (QED) is 0.946. The van der Waals surface area contributed by atoms with E-state index < -0.39 is 0 Å². The third-order valence-corrected chi connectivity index (χ3v) is 3.99. The zero-order valence-corrected chi connectivity index (χ0v) is 12.6. The maximum absolute atomic E-state index is 12.2. The first kappa shape index (κ1) is 14.6.